The number of benzene rings is 2. The van der Waals surface area contributed by atoms with Crippen molar-refractivity contribution in [3.8, 4) is 17.1 Å². The van der Waals surface area contributed by atoms with Gasteiger partial charge in [0, 0.05) is 17.0 Å². The Bertz CT molecular complexity index is 833. The maximum atomic E-state index is 10.9. The van der Waals surface area contributed by atoms with Gasteiger partial charge < -0.3 is 9.52 Å². The van der Waals surface area contributed by atoms with Crippen LogP contribution >= 0.6 is 0 Å². The van der Waals surface area contributed by atoms with E-state index >= 15 is 0 Å². The number of aromatic hydroxyl groups is 1. The quantitative estimate of drug-likeness (QED) is 0.683. The lowest BCUT2D eigenvalue weighted by Gasteiger charge is -2.18. The fraction of sp³-hybridized carbons (Fsp3) is 0.211. The molecule has 0 unspecified atom stereocenters. The summed E-state index contributed by atoms with van der Waals surface area (Å²) < 4.78 is 5.78. The maximum Gasteiger partial charge on any atom is 0.153 e. The molecule has 0 bridgehead atoms. The molecule has 0 atom stereocenters. The Morgan fingerprint density at radius 1 is 1.05 bits per heavy atom. The summed E-state index contributed by atoms with van der Waals surface area (Å²) in [5.74, 6) is 0.657. The van der Waals surface area contributed by atoms with Crippen LogP contribution in [0.5, 0.6) is 5.75 Å². The molecule has 0 radical (unpaired) electrons. The predicted molar refractivity (Wildman–Crippen MR) is 87.4 cm³/mol. The van der Waals surface area contributed by atoms with Gasteiger partial charge in [-0.25, -0.2) is 0 Å². The van der Waals surface area contributed by atoms with Crippen LogP contribution in [0.2, 0.25) is 0 Å². The van der Waals surface area contributed by atoms with Crippen molar-refractivity contribution in [2.24, 2.45) is 0 Å². The molecule has 0 saturated carbocycles. The van der Waals surface area contributed by atoms with E-state index in [0.29, 0.717) is 11.9 Å². The summed E-state index contributed by atoms with van der Waals surface area (Å²) in [7, 11) is 0. The molecule has 0 aliphatic carbocycles. The first-order chi connectivity index (χ1) is 10.4. The number of carbonyl (C=O) groups is 1. The third-order valence-corrected chi connectivity index (χ3v) is 3.83. The zero-order chi connectivity index (χ0) is 15.9. The van der Waals surface area contributed by atoms with Crippen LogP contribution < -0.4 is 0 Å². The van der Waals surface area contributed by atoms with Crippen LogP contribution in [0.4, 0.5) is 0 Å². The van der Waals surface area contributed by atoms with E-state index in [1.165, 1.54) is 11.6 Å². The predicted octanol–water partition coefficient (Wildman–Crippen LogP) is 4.92. The van der Waals surface area contributed by atoms with E-state index in [4.69, 9.17) is 4.42 Å². The van der Waals surface area contributed by atoms with E-state index in [2.05, 4.69) is 32.9 Å². The molecule has 0 fully saturated rings. The largest absolute Gasteiger partial charge is 0.507 e. The standard InChI is InChI=1S/C19H18O3/c1-19(2,3)15-6-4-12(5-7-15)17-9-13-8-14(11-20)16(21)10-18(13)22-17/h4-11,21H,1-3H3. The minimum atomic E-state index is -0.0634. The zero-order valence-electron chi connectivity index (χ0n) is 12.9. The third-order valence-electron chi connectivity index (χ3n) is 3.83. The first kappa shape index (κ1) is 14.4. The fourth-order valence-electron chi connectivity index (χ4n) is 2.46. The lowest BCUT2D eigenvalue weighted by Crippen LogP contribution is -2.10. The monoisotopic (exact) mass is 294 g/mol. The van der Waals surface area contributed by atoms with Crippen molar-refractivity contribution in [3.05, 3.63) is 53.6 Å². The number of carbonyl (C=O) groups excluding carboxylic acids is 1. The van der Waals surface area contributed by atoms with Gasteiger partial charge in [-0.3, -0.25) is 4.79 Å². The zero-order valence-corrected chi connectivity index (χ0v) is 12.9. The summed E-state index contributed by atoms with van der Waals surface area (Å²) in [5.41, 5.74) is 3.17. The van der Waals surface area contributed by atoms with Crippen molar-refractivity contribution in [2.75, 3.05) is 0 Å². The highest BCUT2D eigenvalue weighted by Gasteiger charge is 2.14. The van der Waals surface area contributed by atoms with Gasteiger partial charge in [0.1, 0.15) is 17.1 Å². The Kier molecular flexibility index (Phi) is 3.28. The van der Waals surface area contributed by atoms with E-state index in [1.807, 2.05) is 18.2 Å². The number of hydrogen-bond acceptors (Lipinski definition) is 3. The smallest absolute Gasteiger partial charge is 0.153 e. The molecule has 0 spiro atoms. The molecule has 0 aliphatic heterocycles. The number of rotatable bonds is 2. The summed E-state index contributed by atoms with van der Waals surface area (Å²) in [5, 5.41) is 10.5. The molecule has 112 valence electrons. The van der Waals surface area contributed by atoms with Gasteiger partial charge >= 0.3 is 0 Å². The van der Waals surface area contributed by atoms with E-state index in [-0.39, 0.29) is 16.7 Å². The van der Waals surface area contributed by atoms with Crippen molar-refractivity contribution in [2.45, 2.75) is 26.2 Å². The van der Waals surface area contributed by atoms with Gasteiger partial charge in [-0.05, 0) is 23.1 Å². The van der Waals surface area contributed by atoms with Crippen LogP contribution in [0, 0.1) is 0 Å². The second-order valence-corrected chi connectivity index (χ2v) is 6.50. The van der Waals surface area contributed by atoms with Gasteiger partial charge in [0.15, 0.2) is 6.29 Å². The van der Waals surface area contributed by atoms with Crippen molar-refractivity contribution >= 4 is 17.3 Å². The van der Waals surface area contributed by atoms with Crippen molar-refractivity contribution in [1.29, 1.82) is 0 Å². The molecule has 0 aliphatic rings. The Labute approximate surface area is 129 Å². The van der Waals surface area contributed by atoms with Crippen LogP contribution in [0.3, 0.4) is 0 Å². The lowest BCUT2D eigenvalue weighted by atomic mass is 9.86. The molecule has 3 rings (SSSR count). The Balaban J connectivity index is 2.05. The Hall–Kier alpha value is -2.55. The Morgan fingerprint density at radius 2 is 1.73 bits per heavy atom. The summed E-state index contributed by atoms with van der Waals surface area (Å²) in [6.07, 6.45) is 0.638. The normalized spacial score (nSPS) is 11.8. The van der Waals surface area contributed by atoms with Crippen molar-refractivity contribution in [1.82, 2.24) is 0 Å². The number of fused-ring (bicyclic) bond motifs is 1. The highest BCUT2D eigenvalue weighted by molar-refractivity contribution is 5.91. The minimum Gasteiger partial charge on any atom is -0.507 e. The number of phenols is 1. The van der Waals surface area contributed by atoms with Crippen LogP contribution in [0.15, 0.2) is 46.9 Å². The summed E-state index contributed by atoms with van der Waals surface area (Å²) in [6.45, 7) is 6.52. The van der Waals surface area contributed by atoms with Gasteiger partial charge in [0.05, 0.1) is 5.56 Å². The molecule has 2 aromatic carbocycles. The lowest BCUT2D eigenvalue weighted by molar-refractivity contribution is 0.112. The molecular weight excluding hydrogens is 276 g/mol. The van der Waals surface area contributed by atoms with Gasteiger partial charge in [-0.2, -0.15) is 0 Å². The van der Waals surface area contributed by atoms with Gasteiger partial charge in [0.25, 0.3) is 0 Å². The summed E-state index contributed by atoms with van der Waals surface area (Å²) in [4.78, 5) is 10.9. The van der Waals surface area contributed by atoms with Crippen molar-refractivity contribution < 1.29 is 14.3 Å². The number of furan rings is 1. The Morgan fingerprint density at radius 3 is 2.32 bits per heavy atom. The maximum absolute atomic E-state index is 10.9. The first-order valence-corrected chi connectivity index (χ1v) is 7.21. The van der Waals surface area contributed by atoms with Gasteiger partial charge in [-0.1, -0.05) is 45.0 Å². The van der Waals surface area contributed by atoms with E-state index in [0.717, 1.165) is 16.7 Å². The second-order valence-electron chi connectivity index (χ2n) is 6.50. The average Bonchev–Trinajstić information content (AvgIpc) is 2.88. The second kappa shape index (κ2) is 5.02. The van der Waals surface area contributed by atoms with E-state index < -0.39 is 0 Å². The summed E-state index contributed by atoms with van der Waals surface area (Å²) >= 11 is 0. The molecule has 0 amide bonds. The summed E-state index contributed by atoms with van der Waals surface area (Å²) in [6, 6.07) is 13.2. The number of hydrogen-bond donors (Lipinski definition) is 1. The van der Waals surface area contributed by atoms with E-state index in [9.17, 15) is 9.90 Å². The fourth-order valence-corrected chi connectivity index (χ4v) is 2.46. The SMILES string of the molecule is CC(C)(C)c1ccc(-c2cc3cc(C=O)c(O)cc3o2)cc1. The molecule has 1 heterocycles. The average molecular weight is 294 g/mol. The highest BCUT2D eigenvalue weighted by Crippen LogP contribution is 2.32. The minimum absolute atomic E-state index is 0.0634. The van der Waals surface area contributed by atoms with Gasteiger partial charge in [-0.15, -0.1) is 0 Å². The van der Waals surface area contributed by atoms with Crippen LogP contribution in [-0.2, 0) is 5.41 Å². The topological polar surface area (TPSA) is 50.4 Å². The first-order valence-electron chi connectivity index (χ1n) is 7.21. The third kappa shape index (κ3) is 2.50. The van der Waals surface area contributed by atoms with Gasteiger partial charge in [0.2, 0.25) is 0 Å². The van der Waals surface area contributed by atoms with Crippen LogP contribution in [0.25, 0.3) is 22.3 Å². The molecule has 1 N–H and O–H groups in total. The van der Waals surface area contributed by atoms with Crippen molar-refractivity contribution in [3.63, 3.8) is 0 Å². The number of aldehydes is 1. The van der Waals surface area contributed by atoms with Crippen LogP contribution in [-0.4, -0.2) is 11.4 Å². The number of phenolic OH excluding ortho intramolecular Hbond substituents is 1. The molecule has 3 nitrogen and oxygen atoms in total. The highest BCUT2D eigenvalue weighted by atomic mass is 16.3. The molecule has 1 aromatic heterocycles. The van der Waals surface area contributed by atoms with Crippen LogP contribution in [0.1, 0.15) is 36.7 Å². The van der Waals surface area contributed by atoms with E-state index in [1.54, 1.807) is 6.07 Å². The molecule has 3 aromatic rings. The molecule has 0 saturated heterocycles. The molecule has 3 heteroatoms. The molecule has 22 heavy (non-hydrogen) atoms. The molecular formula is C19H18O3.